The minimum absolute atomic E-state index is 0.00190. The van der Waals surface area contributed by atoms with Crippen LogP contribution in [0.25, 0.3) is 22.0 Å². The predicted octanol–water partition coefficient (Wildman–Crippen LogP) is 6.35. The number of thiophene rings is 1. The van der Waals surface area contributed by atoms with Crippen molar-refractivity contribution in [3.63, 3.8) is 0 Å². The zero-order valence-electron chi connectivity index (χ0n) is 18.4. The summed E-state index contributed by atoms with van der Waals surface area (Å²) in [5, 5.41) is 7.53. The summed E-state index contributed by atoms with van der Waals surface area (Å²) >= 11 is 1.53. The highest BCUT2D eigenvalue weighted by Crippen LogP contribution is 2.30. The molecule has 0 radical (unpaired) electrons. The van der Waals surface area contributed by atoms with E-state index in [1.54, 1.807) is 24.5 Å². The van der Waals surface area contributed by atoms with Crippen LogP contribution in [0.15, 0.2) is 77.8 Å². The summed E-state index contributed by atoms with van der Waals surface area (Å²) in [6.45, 7) is 0. The number of hydrogen-bond acceptors (Lipinski definition) is 3. The molecular weight excluding hydrogens is 471 g/mol. The van der Waals surface area contributed by atoms with E-state index in [4.69, 9.17) is 0 Å². The lowest BCUT2D eigenvalue weighted by molar-refractivity contribution is -0.121. The average Bonchev–Trinajstić information content (AvgIpc) is 3.49. The third kappa shape index (κ3) is 5.12. The van der Waals surface area contributed by atoms with E-state index in [0.717, 1.165) is 22.7 Å². The second kappa shape index (κ2) is 9.76. The third-order valence-electron chi connectivity index (χ3n) is 5.78. The molecule has 1 amide bonds. The van der Waals surface area contributed by atoms with Gasteiger partial charge in [-0.15, -0.1) is 0 Å². The molecule has 5 rings (SSSR count). The fourth-order valence-corrected chi connectivity index (χ4v) is 4.91. The number of fused-ring (bicyclic) bond motifs is 1. The lowest BCUT2D eigenvalue weighted by Gasteiger charge is -2.21. The topological polar surface area (TPSA) is 57.8 Å². The summed E-state index contributed by atoms with van der Waals surface area (Å²) in [4.78, 5) is 20.7. The van der Waals surface area contributed by atoms with Crippen LogP contribution in [0, 0.1) is 17.5 Å². The molecule has 0 aliphatic carbocycles. The van der Waals surface area contributed by atoms with Gasteiger partial charge in [0.05, 0.1) is 18.2 Å². The highest BCUT2D eigenvalue weighted by atomic mass is 32.1. The molecule has 2 N–H and O–H groups in total. The zero-order valence-corrected chi connectivity index (χ0v) is 19.2. The number of rotatable bonds is 7. The van der Waals surface area contributed by atoms with Crippen molar-refractivity contribution in [3.8, 4) is 11.1 Å². The van der Waals surface area contributed by atoms with Crippen molar-refractivity contribution in [2.75, 3.05) is 0 Å². The van der Waals surface area contributed by atoms with Crippen molar-refractivity contribution in [1.82, 2.24) is 15.3 Å². The van der Waals surface area contributed by atoms with Gasteiger partial charge in [0, 0.05) is 34.9 Å². The van der Waals surface area contributed by atoms with E-state index >= 15 is 0 Å². The number of nitrogens with zero attached hydrogens (tertiary/aromatic N) is 1. The van der Waals surface area contributed by atoms with Gasteiger partial charge in [-0.25, -0.2) is 13.2 Å². The first kappa shape index (κ1) is 22.9. The second-order valence-electron chi connectivity index (χ2n) is 8.23. The molecule has 0 fully saturated rings. The van der Waals surface area contributed by atoms with Gasteiger partial charge in [-0.3, -0.25) is 9.78 Å². The molecule has 8 heteroatoms. The molecule has 0 saturated carbocycles. The Morgan fingerprint density at radius 3 is 2.63 bits per heavy atom. The van der Waals surface area contributed by atoms with Gasteiger partial charge in [-0.1, -0.05) is 6.07 Å². The van der Waals surface area contributed by atoms with Crippen LogP contribution in [0.5, 0.6) is 0 Å². The van der Waals surface area contributed by atoms with Gasteiger partial charge < -0.3 is 10.3 Å². The van der Waals surface area contributed by atoms with E-state index in [9.17, 15) is 18.0 Å². The molecule has 0 aliphatic heterocycles. The number of carbonyl (C=O) groups excluding carboxylic acids is 1. The average molecular weight is 492 g/mol. The number of nitrogens with one attached hydrogen (secondary N) is 2. The minimum atomic E-state index is -0.690. The van der Waals surface area contributed by atoms with Crippen molar-refractivity contribution >= 4 is 28.1 Å². The Kier molecular flexibility index (Phi) is 6.37. The normalized spacial score (nSPS) is 12.1. The molecule has 4 nitrogen and oxygen atoms in total. The Morgan fingerprint density at radius 1 is 1.03 bits per heavy atom. The maximum absolute atomic E-state index is 13.9. The van der Waals surface area contributed by atoms with Crippen LogP contribution in [-0.4, -0.2) is 15.9 Å². The second-order valence-corrected chi connectivity index (χ2v) is 9.01. The lowest BCUT2D eigenvalue weighted by Crippen LogP contribution is -2.32. The van der Waals surface area contributed by atoms with E-state index in [1.165, 1.54) is 35.6 Å². The van der Waals surface area contributed by atoms with Crippen LogP contribution in [0.4, 0.5) is 13.2 Å². The first-order chi connectivity index (χ1) is 17.0. The van der Waals surface area contributed by atoms with Crippen LogP contribution in [0.2, 0.25) is 0 Å². The standard InChI is InChI=1S/C27H20F3N3OS/c28-19-3-4-24-23(13-19)18(14-32-24)11-26(34)33-25(10-16-8-20(29)12-21(30)9-16)27-22(2-1-6-31-27)17-5-7-35-15-17/h1-9,12-15,25,32H,10-11H2,(H,33,34)/t25-/m0/s1. The first-order valence-corrected chi connectivity index (χ1v) is 11.9. The molecule has 2 aromatic carbocycles. The van der Waals surface area contributed by atoms with E-state index < -0.39 is 23.5 Å². The Labute approximate surface area is 203 Å². The number of pyridine rings is 1. The van der Waals surface area contributed by atoms with Gasteiger partial charge in [-0.2, -0.15) is 11.3 Å². The summed E-state index contributed by atoms with van der Waals surface area (Å²) in [7, 11) is 0. The predicted molar refractivity (Wildman–Crippen MR) is 130 cm³/mol. The minimum Gasteiger partial charge on any atom is -0.361 e. The number of aromatic amines is 1. The van der Waals surface area contributed by atoms with Crippen molar-refractivity contribution in [1.29, 1.82) is 0 Å². The Bertz CT molecular complexity index is 1480. The van der Waals surface area contributed by atoms with Crippen LogP contribution in [0.3, 0.4) is 0 Å². The van der Waals surface area contributed by atoms with Gasteiger partial charge in [0.15, 0.2) is 0 Å². The third-order valence-corrected chi connectivity index (χ3v) is 6.46. The summed E-state index contributed by atoms with van der Waals surface area (Å²) < 4.78 is 41.6. The molecule has 0 bridgehead atoms. The number of aromatic nitrogens is 2. The van der Waals surface area contributed by atoms with Crippen LogP contribution < -0.4 is 5.32 Å². The molecule has 0 unspecified atom stereocenters. The van der Waals surface area contributed by atoms with Crippen LogP contribution in [-0.2, 0) is 17.6 Å². The Hall–Kier alpha value is -3.91. The largest absolute Gasteiger partial charge is 0.361 e. The fourth-order valence-electron chi connectivity index (χ4n) is 4.25. The lowest BCUT2D eigenvalue weighted by atomic mass is 9.96. The smallest absolute Gasteiger partial charge is 0.225 e. The van der Waals surface area contributed by atoms with Gasteiger partial charge in [0.2, 0.25) is 5.91 Å². The molecule has 5 aromatic rings. The van der Waals surface area contributed by atoms with E-state index in [-0.39, 0.29) is 18.7 Å². The zero-order chi connectivity index (χ0) is 24.4. The summed E-state index contributed by atoms with van der Waals surface area (Å²) in [5.74, 6) is -2.09. The van der Waals surface area contributed by atoms with Gasteiger partial charge in [-0.05, 0) is 76.3 Å². The van der Waals surface area contributed by atoms with Crippen molar-refractivity contribution in [3.05, 3.63) is 112 Å². The molecule has 1 atom stereocenters. The van der Waals surface area contributed by atoms with Crippen LogP contribution >= 0.6 is 11.3 Å². The van der Waals surface area contributed by atoms with Crippen molar-refractivity contribution in [2.24, 2.45) is 0 Å². The number of amides is 1. The summed E-state index contributed by atoms with van der Waals surface area (Å²) in [5.41, 5.74) is 4.12. The first-order valence-electron chi connectivity index (χ1n) is 10.9. The van der Waals surface area contributed by atoms with Gasteiger partial charge >= 0.3 is 0 Å². The number of benzene rings is 2. The maximum atomic E-state index is 13.9. The number of hydrogen-bond donors (Lipinski definition) is 2. The molecular formula is C27H20F3N3OS. The van der Waals surface area contributed by atoms with E-state index in [2.05, 4.69) is 15.3 Å². The molecule has 176 valence electrons. The number of carbonyl (C=O) groups is 1. The van der Waals surface area contributed by atoms with Gasteiger partial charge in [0.25, 0.3) is 0 Å². The molecule has 0 spiro atoms. The highest BCUT2D eigenvalue weighted by molar-refractivity contribution is 7.08. The van der Waals surface area contributed by atoms with Crippen LogP contribution in [0.1, 0.15) is 22.9 Å². The Balaban J connectivity index is 1.48. The van der Waals surface area contributed by atoms with E-state index in [0.29, 0.717) is 22.2 Å². The van der Waals surface area contributed by atoms with Crippen molar-refractivity contribution in [2.45, 2.75) is 18.9 Å². The molecule has 0 aliphatic rings. The number of H-pyrrole nitrogens is 1. The van der Waals surface area contributed by atoms with Crippen molar-refractivity contribution < 1.29 is 18.0 Å². The monoisotopic (exact) mass is 491 g/mol. The molecule has 3 aromatic heterocycles. The quantitative estimate of drug-likeness (QED) is 0.279. The number of halogens is 3. The molecule has 3 heterocycles. The molecule has 35 heavy (non-hydrogen) atoms. The van der Waals surface area contributed by atoms with Gasteiger partial charge in [0.1, 0.15) is 17.5 Å². The maximum Gasteiger partial charge on any atom is 0.225 e. The summed E-state index contributed by atoms with van der Waals surface area (Å²) in [6.07, 6.45) is 3.44. The Morgan fingerprint density at radius 2 is 1.86 bits per heavy atom. The fraction of sp³-hybridized carbons (Fsp3) is 0.111. The summed E-state index contributed by atoms with van der Waals surface area (Å²) in [6, 6.07) is 12.7. The SMILES string of the molecule is O=C(Cc1c[nH]c2ccc(F)cc12)N[C@@H](Cc1cc(F)cc(F)c1)c1ncccc1-c1ccsc1. The molecule has 0 saturated heterocycles. The van der Waals surface area contributed by atoms with E-state index in [1.807, 2.05) is 22.9 Å². The highest BCUT2D eigenvalue weighted by Gasteiger charge is 2.22.